The number of nitrogens with one attached hydrogen (secondary N) is 1. The average Bonchev–Trinajstić information content (AvgIpc) is 2.17. The van der Waals surface area contributed by atoms with E-state index in [2.05, 4.69) is 28.2 Å². The Labute approximate surface area is 96.6 Å². The van der Waals surface area contributed by atoms with E-state index in [1.54, 1.807) is 0 Å². The van der Waals surface area contributed by atoms with Crippen LogP contribution in [0.4, 0.5) is 0 Å². The van der Waals surface area contributed by atoms with Crippen LogP contribution in [0.5, 0.6) is 0 Å². The van der Waals surface area contributed by atoms with Crippen molar-refractivity contribution >= 4 is 21.9 Å². The molecule has 1 heterocycles. The summed E-state index contributed by atoms with van der Waals surface area (Å²) in [6.07, 6.45) is 0. The maximum atomic E-state index is 11.1. The number of carboxylic acid groups (broad SMARTS) is 1. The van der Waals surface area contributed by atoms with Crippen molar-refractivity contribution in [3.8, 4) is 0 Å². The van der Waals surface area contributed by atoms with Gasteiger partial charge in [-0.05, 0) is 29.2 Å². The lowest BCUT2D eigenvalue weighted by Gasteiger charge is -2.28. The molecule has 3 nitrogen and oxygen atoms in total. The monoisotopic (exact) mass is 269 g/mol. The van der Waals surface area contributed by atoms with Gasteiger partial charge >= 0.3 is 5.97 Å². The molecular weight excluding hydrogens is 258 g/mol. The molecule has 0 saturated heterocycles. The predicted molar refractivity (Wildman–Crippen MR) is 60.9 cm³/mol. The Morgan fingerprint density at radius 2 is 2.27 bits per heavy atom. The summed E-state index contributed by atoms with van der Waals surface area (Å²) < 4.78 is 0.920. The van der Waals surface area contributed by atoms with Gasteiger partial charge in [-0.3, -0.25) is 4.79 Å². The van der Waals surface area contributed by atoms with Crippen LogP contribution in [0.3, 0.4) is 0 Å². The van der Waals surface area contributed by atoms with Gasteiger partial charge in [0.25, 0.3) is 0 Å². The molecule has 0 radical (unpaired) electrons. The van der Waals surface area contributed by atoms with Gasteiger partial charge in [0.15, 0.2) is 0 Å². The van der Waals surface area contributed by atoms with Crippen LogP contribution in [0, 0.1) is 0 Å². The van der Waals surface area contributed by atoms with Crippen LogP contribution in [0.1, 0.15) is 30.0 Å². The van der Waals surface area contributed by atoms with Crippen LogP contribution in [-0.2, 0) is 4.79 Å². The number of hydrogen-bond donors (Lipinski definition) is 2. The molecule has 2 atom stereocenters. The summed E-state index contributed by atoms with van der Waals surface area (Å²) in [6, 6.07) is 5.27. The van der Waals surface area contributed by atoms with E-state index in [0.29, 0.717) is 12.5 Å². The van der Waals surface area contributed by atoms with Crippen molar-refractivity contribution in [3.05, 3.63) is 33.8 Å². The number of hydrogen-bond acceptors (Lipinski definition) is 2. The molecular formula is C11H12BrNO2. The van der Waals surface area contributed by atoms with E-state index in [4.69, 9.17) is 5.11 Å². The van der Waals surface area contributed by atoms with Gasteiger partial charge in [-0.25, -0.2) is 0 Å². The van der Waals surface area contributed by atoms with E-state index in [9.17, 15) is 4.79 Å². The lowest BCUT2D eigenvalue weighted by molar-refractivity contribution is -0.139. The van der Waals surface area contributed by atoms with Gasteiger partial charge in [-0.1, -0.05) is 28.9 Å². The third kappa shape index (κ3) is 1.92. The second-order valence-electron chi connectivity index (χ2n) is 3.85. The average molecular weight is 270 g/mol. The summed E-state index contributed by atoms with van der Waals surface area (Å²) in [6.45, 7) is 2.81. The maximum Gasteiger partial charge on any atom is 0.325 e. The second kappa shape index (κ2) is 3.94. The summed E-state index contributed by atoms with van der Waals surface area (Å²) >= 11 is 3.37. The van der Waals surface area contributed by atoms with Crippen LogP contribution >= 0.6 is 15.9 Å². The van der Waals surface area contributed by atoms with Gasteiger partial charge in [0, 0.05) is 11.0 Å². The predicted octanol–water partition coefficient (Wildman–Crippen LogP) is 2.28. The molecule has 1 aliphatic rings. The summed E-state index contributed by atoms with van der Waals surface area (Å²) in [5, 5.41) is 12.1. The van der Waals surface area contributed by atoms with Crippen molar-refractivity contribution in [1.82, 2.24) is 5.32 Å². The molecule has 0 spiro atoms. The molecule has 0 bridgehead atoms. The highest BCUT2D eigenvalue weighted by Gasteiger charge is 2.28. The van der Waals surface area contributed by atoms with Crippen molar-refractivity contribution in [3.63, 3.8) is 0 Å². The molecule has 0 amide bonds. The van der Waals surface area contributed by atoms with Crippen LogP contribution in [0.2, 0.25) is 0 Å². The maximum absolute atomic E-state index is 11.1. The van der Waals surface area contributed by atoms with Gasteiger partial charge in [0.1, 0.15) is 6.04 Å². The Bertz CT molecular complexity index is 406. The van der Waals surface area contributed by atoms with E-state index >= 15 is 0 Å². The van der Waals surface area contributed by atoms with Crippen LogP contribution in [0.15, 0.2) is 22.7 Å². The zero-order valence-corrected chi connectivity index (χ0v) is 9.91. The first kappa shape index (κ1) is 10.6. The quantitative estimate of drug-likeness (QED) is 0.823. The minimum absolute atomic E-state index is 0.365. The smallest absolute Gasteiger partial charge is 0.325 e. The fraction of sp³-hybridized carbons (Fsp3) is 0.364. The molecule has 2 rings (SSSR count). The molecule has 0 aromatic heterocycles. The highest BCUT2D eigenvalue weighted by atomic mass is 79.9. The SMILES string of the molecule is CC1CNC(C(=O)O)c2cc(Br)ccc21. The fourth-order valence-corrected chi connectivity index (χ4v) is 2.36. The van der Waals surface area contributed by atoms with E-state index in [1.165, 1.54) is 0 Å². The third-order valence-electron chi connectivity index (χ3n) is 2.77. The summed E-state index contributed by atoms with van der Waals surface area (Å²) in [5.41, 5.74) is 2.00. The van der Waals surface area contributed by atoms with E-state index in [0.717, 1.165) is 15.6 Å². The van der Waals surface area contributed by atoms with Crippen LogP contribution < -0.4 is 5.32 Å². The Morgan fingerprint density at radius 1 is 1.53 bits per heavy atom. The summed E-state index contributed by atoms with van der Waals surface area (Å²) in [7, 11) is 0. The van der Waals surface area contributed by atoms with Crippen molar-refractivity contribution in [2.24, 2.45) is 0 Å². The van der Waals surface area contributed by atoms with Crippen LogP contribution in [-0.4, -0.2) is 17.6 Å². The molecule has 2 unspecified atom stereocenters. The van der Waals surface area contributed by atoms with Crippen molar-refractivity contribution in [2.45, 2.75) is 18.9 Å². The molecule has 2 N–H and O–H groups in total. The molecule has 0 saturated carbocycles. The normalized spacial score (nSPS) is 24.7. The number of aliphatic carboxylic acids is 1. The van der Waals surface area contributed by atoms with Gasteiger partial charge in [-0.15, -0.1) is 0 Å². The van der Waals surface area contributed by atoms with Gasteiger partial charge in [-0.2, -0.15) is 0 Å². The number of rotatable bonds is 1. The standard InChI is InChI=1S/C11H12BrNO2/c1-6-5-13-10(11(14)15)9-4-7(12)2-3-8(6)9/h2-4,6,10,13H,5H2,1H3,(H,14,15). The largest absolute Gasteiger partial charge is 0.480 e. The summed E-state index contributed by atoms with van der Waals surface area (Å²) in [5.74, 6) is -0.454. The van der Waals surface area contributed by atoms with E-state index in [-0.39, 0.29) is 0 Å². The topological polar surface area (TPSA) is 49.3 Å². The fourth-order valence-electron chi connectivity index (χ4n) is 1.98. The highest BCUT2D eigenvalue weighted by Crippen LogP contribution is 2.32. The molecule has 1 aromatic carbocycles. The lowest BCUT2D eigenvalue weighted by atomic mass is 9.88. The minimum Gasteiger partial charge on any atom is -0.480 e. The summed E-state index contributed by atoms with van der Waals surface area (Å²) in [4.78, 5) is 11.1. The zero-order valence-electron chi connectivity index (χ0n) is 8.33. The molecule has 4 heteroatoms. The number of halogens is 1. The molecule has 1 aromatic rings. The van der Waals surface area contributed by atoms with Crippen LogP contribution in [0.25, 0.3) is 0 Å². The van der Waals surface area contributed by atoms with Crippen molar-refractivity contribution in [1.29, 1.82) is 0 Å². The Balaban J connectivity index is 2.51. The molecule has 80 valence electrons. The second-order valence-corrected chi connectivity index (χ2v) is 4.77. The lowest BCUT2D eigenvalue weighted by Crippen LogP contribution is -2.36. The first-order valence-corrected chi connectivity index (χ1v) is 5.64. The molecule has 0 fully saturated rings. The van der Waals surface area contributed by atoms with E-state index in [1.807, 2.05) is 18.2 Å². The number of fused-ring (bicyclic) bond motifs is 1. The number of carboxylic acids is 1. The first-order valence-electron chi connectivity index (χ1n) is 4.85. The third-order valence-corrected chi connectivity index (χ3v) is 3.26. The van der Waals surface area contributed by atoms with Gasteiger partial charge in [0.2, 0.25) is 0 Å². The molecule has 0 aliphatic carbocycles. The highest BCUT2D eigenvalue weighted by molar-refractivity contribution is 9.10. The number of carbonyl (C=O) groups is 1. The Kier molecular flexibility index (Phi) is 2.80. The molecule has 1 aliphatic heterocycles. The Morgan fingerprint density at radius 3 is 2.93 bits per heavy atom. The zero-order chi connectivity index (χ0) is 11.0. The van der Waals surface area contributed by atoms with E-state index < -0.39 is 12.0 Å². The van der Waals surface area contributed by atoms with Gasteiger partial charge < -0.3 is 10.4 Å². The molecule has 15 heavy (non-hydrogen) atoms. The minimum atomic E-state index is -0.818. The van der Waals surface area contributed by atoms with Crippen molar-refractivity contribution < 1.29 is 9.90 Å². The van der Waals surface area contributed by atoms with Crippen molar-refractivity contribution in [2.75, 3.05) is 6.54 Å². The first-order chi connectivity index (χ1) is 7.09. The van der Waals surface area contributed by atoms with Gasteiger partial charge in [0.05, 0.1) is 0 Å². The Hall–Kier alpha value is -0.870. The number of benzene rings is 1.